The van der Waals surface area contributed by atoms with E-state index in [1.807, 2.05) is 16.4 Å². The first-order valence-corrected chi connectivity index (χ1v) is 11.5. The van der Waals surface area contributed by atoms with Gasteiger partial charge >= 0.3 is 0 Å². The summed E-state index contributed by atoms with van der Waals surface area (Å²) in [6.45, 7) is 9.74. The van der Waals surface area contributed by atoms with Crippen LogP contribution in [0.3, 0.4) is 0 Å². The number of thiophene rings is 1. The van der Waals surface area contributed by atoms with Gasteiger partial charge in [-0.2, -0.15) is 0 Å². The maximum atomic E-state index is 13.5. The maximum absolute atomic E-state index is 13.5. The molecule has 1 amide bonds. The largest absolute Gasteiger partial charge is 0.340 e. The smallest absolute Gasteiger partial charge is 0.262 e. The Morgan fingerprint density at radius 2 is 1.86 bits per heavy atom. The van der Waals surface area contributed by atoms with Gasteiger partial charge in [-0.15, -0.1) is 11.3 Å². The number of carbonyl (C=O) groups is 1. The quantitative estimate of drug-likeness (QED) is 0.758. The van der Waals surface area contributed by atoms with E-state index in [1.165, 1.54) is 12.8 Å². The molecule has 5 nitrogen and oxygen atoms in total. The van der Waals surface area contributed by atoms with Crippen molar-refractivity contribution in [3.63, 3.8) is 0 Å². The molecule has 0 radical (unpaired) electrons. The van der Waals surface area contributed by atoms with Crippen molar-refractivity contribution in [3.05, 3.63) is 26.6 Å². The topological polar surface area (TPSA) is 55.2 Å². The standard InChI is InChI=1S/C22H31N3O2S/c1-13(2)19-23-20-18(14(3)15(4)28-20)22(27)25(19)17-10-7-11-24(12-17)21(26)16-8-5-6-9-16/h13,16-17H,5-12H2,1-4H3. The molecule has 1 aliphatic carbocycles. The Balaban J connectivity index is 1.73. The summed E-state index contributed by atoms with van der Waals surface area (Å²) < 4.78 is 1.93. The van der Waals surface area contributed by atoms with Gasteiger partial charge in [-0.25, -0.2) is 4.98 Å². The Kier molecular flexibility index (Phi) is 5.34. The van der Waals surface area contributed by atoms with Crippen molar-refractivity contribution in [2.24, 2.45) is 5.92 Å². The Bertz CT molecular complexity index is 953. The zero-order chi connectivity index (χ0) is 20.0. The van der Waals surface area contributed by atoms with Gasteiger partial charge in [0.1, 0.15) is 10.7 Å². The number of carbonyl (C=O) groups excluding carboxylic acids is 1. The molecule has 2 fully saturated rings. The minimum atomic E-state index is 0.0282. The third-order valence-electron chi connectivity index (χ3n) is 6.56. The summed E-state index contributed by atoms with van der Waals surface area (Å²) in [5.74, 6) is 1.53. The molecule has 1 unspecified atom stereocenters. The van der Waals surface area contributed by atoms with Gasteiger partial charge < -0.3 is 4.90 Å². The van der Waals surface area contributed by atoms with Crippen molar-refractivity contribution in [1.82, 2.24) is 14.5 Å². The summed E-state index contributed by atoms with van der Waals surface area (Å²) >= 11 is 1.61. The van der Waals surface area contributed by atoms with E-state index in [0.29, 0.717) is 12.5 Å². The fraction of sp³-hybridized carbons (Fsp3) is 0.682. The molecule has 28 heavy (non-hydrogen) atoms. The molecule has 1 saturated heterocycles. The number of fused-ring (bicyclic) bond motifs is 1. The lowest BCUT2D eigenvalue weighted by molar-refractivity contribution is -0.137. The number of rotatable bonds is 3. The lowest BCUT2D eigenvalue weighted by Crippen LogP contribution is -2.45. The summed E-state index contributed by atoms with van der Waals surface area (Å²) in [6.07, 6.45) is 6.27. The van der Waals surface area contributed by atoms with E-state index in [1.54, 1.807) is 11.3 Å². The van der Waals surface area contributed by atoms with Crippen LogP contribution >= 0.6 is 11.3 Å². The van der Waals surface area contributed by atoms with E-state index in [9.17, 15) is 9.59 Å². The number of hydrogen-bond acceptors (Lipinski definition) is 4. The van der Waals surface area contributed by atoms with Crippen LogP contribution in [0.2, 0.25) is 0 Å². The van der Waals surface area contributed by atoms with Crippen LogP contribution in [0.15, 0.2) is 4.79 Å². The van der Waals surface area contributed by atoms with Gasteiger partial charge in [-0.1, -0.05) is 26.7 Å². The molecule has 0 aromatic carbocycles. The van der Waals surface area contributed by atoms with Crippen LogP contribution < -0.4 is 5.56 Å². The zero-order valence-corrected chi connectivity index (χ0v) is 18.3. The molecule has 0 bridgehead atoms. The molecule has 1 saturated carbocycles. The Morgan fingerprint density at radius 1 is 1.14 bits per heavy atom. The highest BCUT2D eigenvalue weighted by molar-refractivity contribution is 7.18. The van der Waals surface area contributed by atoms with Crippen molar-refractivity contribution in [2.45, 2.75) is 78.2 Å². The van der Waals surface area contributed by atoms with Gasteiger partial charge in [-0.3, -0.25) is 14.2 Å². The molecule has 1 atom stereocenters. The van der Waals surface area contributed by atoms with E-state index in [0.717, 1.165) is 58.7 Å². The summed E-state index contributed by atoms with van der Waals surface area (Å²) in [4.78, 5) is 35.5. The van der Waals surface area contributed by atoms with Crippen LogP contribution in [0.1, 0.15) is 80.6 Å². The number of hydrogen-bond donors (Lipinski definition) is 0. The molecule has 152 valence electrons. The molecule has 0 spiro atoms. The SMILES string of the molecule is Cc1sc2nc(C(C)C)n(C3CCCN(C(=O)C4CCCC4)C3)c(=O)c2c1C. The summed E-state index contributed by atoms with van der Waals surface area (Å²) in [7, 11) is 0. The van der Waals surface area contributed by atoms with E-state index in [2.05, 4.69) is 20.8 Å². The highest BCUT2D eigenvalue weighted by atomic mass is 32.1. The molecular formula is C22H31N3O2S. The Labute approximate surface area is 170 Å². The number of likely N-dealkylation sites (tertiary alicyclic amines) is 1. The van der Waals surface area contributed by atoms with Crippen LogP contribution in [0.4, 0.5) is 0 Å². The van der Waals surface area contributed by atoms with E-state index in [-0.39, 0.29) is 23.4 Å². The molecule has 3 heterocycles. The van der Waals surface area contributed by atoms with E-state index in [4.69, 9.17) is 4.98 Å². The molecule has 2 aromatic rings. The second-order valence-corrected chi connectivity index (χ2v) is 10.0. The summed E-state index contributed by atoms with van der Waals surface area (Å²) in [5.41, 5.74) is 1.13. The van der Waals surface area contributed by atoms with Crippen molar-refractivity contribution in [1.29, 1.82) is 0 Å². The van der Waals surface area contributed by atoms with Gasteiger partial charge in [0, 0.05) is 29.8 Å². The fourth-order valence-electron chi connectivity index (χ4n) is 4.88. The van der Waals surface area contributed by atoms with Gasteiger partial charge in [0.25, 0.3) is 5.56 Å². The number of nitrogens with zero attached hydrogens (tertiary/aromatic N) is 3. The van der Waals surface area contributed by atoms with Gasteiger partial charge in [-0.05, 0) is 45.1 Å². The lowest BCUT2D eigenvalue weighted by Gasteiger charge is -2.36. The maximum Gasteiger partial charge on any atom is 0.262 e. The predicted molar refractivity (Wildman–Crippen MR) is 114 cm³/mol. The van der Waals surface area contributed by atoms with Crippen LogP contribution in [0.5, 0.6) is 0 Å². The molecule has 4 rings (SSSR count). The summed E-state index contributed by atoms with van der Waals surface area (Å²) in [5, 5.41) is 0.770. The molecule has 6 heteroatoms. The summed E-state index contributed by atoms with van der Waals surface area (Å²) in [6, 6.07) is 0.0282. The minimum Gasteiger partial charge on any atom is -0.340 e. The minimum absolute atomic E-state index is 0.0282. The highest BCUT2D eigenvalue weighted by Crippen LogP contribution is 2.32. The third-order valence-corrected chi connectivity index (χ3v) is 7.66. The Morgan fingerprint density at radius 3 is 2.54 bits per heavy atom. The van der Waals surface area contributed by atoms with Crippen LogP contribution in [0.25, 0.3) is 10.2 Å². The average Bonchev–Trinajstić information content (AvgIpc) is 3.30. The first-order valence-electron chi connectivity index (χ1n) is 10.7. The normalized spacial score (nSPS) is 21.2. The van der Waals surface area contributed by atoms with Crippen molar-refractivity contribution in [3.8, 4) is 0 Å². The fourth-order valence-corrected chi connectivity index (χ4v) is 5.91. The zero-order valence-electron chi connectivity index (χ0n) is 17.5. The van der Waals surface area contributed by atoms with Crippen LogP contribution in [-0.2, 0) is 4.79 Å². The second kappa shape index (κ2) is 7.62. The van der Waals surface area contributed by atoms with E-state index >= 15 is 0 Å². The molecule has 0 N–H and O–H groups in total. The lowest BCUT2D eigenvalue weighted by atomic mass is 10.00. The van der Waals surface area contributed by atoms with Gasteiger partial charge in [0.15, 0.2) is 0 Å². The Hall–Kier alpha value is -1.69. The second-order valence-electron chi connectivity index (χ2n) is 8.82. The van der Waals surface area contributed by atoms with Gasteiger partial charge in [0.05, 0.1) is 11.4 Å². The molecule has 2 aromatic heterocycles. The predicted octanol–water partition coefficient (Wildman–Crippen LogP) is 4.55. The number of piperidine rings is 1. The first-order chi connectivity index (χ1) is 13.4. The third kappa shape index (κ3) is 3.30. The van der Waals surface area contributed by atoms with Gasteiger partial charge in [0.2, 0.25) is 5.91 Å². The molecule has 1 aliphatic heterocycles. The number of amides is 1. The number of aryl methyl sites for hydroxylation is 2. The first kappa shape index (κ1) is 19.6. The van der Waals surface area contributed by atoms with Crippen molar-refractivity contribution < 1.29 is 4.79 Å². The monoisotopic (exact) mass is 401 g/mol. The number of aromatic nitrogens is 2. The highest BCUT2D eigenvalue weighted by Gasteiger charge is 2.33. The van der Waals surface area contributed by atoms with E-state index < -0.39 is 0 Å². The molecular weight excluding hydrogens is 370 g/mol. The van der Waals surface area contributed by atoms with Crippen LogP contribution in [0, 0.1) is 19.8 Å². The molecule has 2 aliphatic rings. The average molecular weight is 402 g/mol. The van der Waals surface area contributed by atoms with Crippen molar-refractivity contribution >= 4 is 27.5 Å². The van der Waals surface area contributed by atoms with Crippen LogP contribution in [-0.4, -0.2) is 33.4 Å². The van der Waals surface area contributed by atoms with Crippen molar-refractivity contribution in [2.75, 3.05) is 13.1 Å².